The maximum atomic E-state index is 4.88. The van der Waals surface area contributed by atoms with E-state index in [0.717, 1.165) is 63.4 Å². The highest BCUT2D eigenvalue weighted by molar-refractivity contribution is 14.0. The molecule has 164 valence electrons. The number of aliphatic imine (C=N–C) groups is 1. The van der Waals surface area contributed by atoms with E-state index in [2.05, 4.69) is 46.5 Å². The summed E-state index contributed by atoms with van der Waals surface area (Å²) in [5.74, 6) is 2.80. The second kappa shape index (κ2) is 13.4. The van der Waals surface area contributed by atoms with Gasteiger partial charge in [0.05, 0.1) is 5.69 Å². The molecule has 1 aliphatic carbocycles. The quantitative estimate of drug-likeness (QED) is 0.322. The summed E-state index contributed by atoms with van der Waals surface area (Å²) < 4.78 is 0. The van der Waals surface area contributed by atoms with E-state index in [-0.39, 0.29) is 24.0 Å². The number of hydrogen-bond donors (Lipinski definition) is 2. The number of piperidine rings is 1. The standard InChI is InChI=1S/C23H39N5.HI/c1-3-24-23(26-14-10-20-8-6-7-19(2)17-20)27-21-11-15-28(16-12-21)18-22-9-4-5-13-25-22;/h4-5,9,13,19-21H,3,6-8,10-12,14-18H2,1-2H3,(H2,24,26,27);1H. The predicted octanol–water partition coefficient (Wildman–Crippen LogP) is 4.44. The molecule has 0 amide bonds. The van der Waals surface area contributed by atoms with E-state index in [1.54, 1.807) is 0 Å². The van der Waals surface area contributed by atoms with Crippen LogP contribution in [0.3, 0.4) is 0 Å². The van der Waals surface area contributed by atoms with Crippen LogP contribution in [-0.4, -0.2) is 48.1 Å². The smallest absolute Gasteiger partial charge is 0.191 e. The summed E-state index contributed by atoms with van der Waals surface area (Å²) in [6.07, 6.45) is 11.1. The van der Waals surface area contributed by atoms with E-state index in [4.69, 9.17) is 4.99 Å². The van der Waals surface area contributed by atoms with Gasteiger partial charge in [-0.15, -0.1) is 24.0 Å². The molecule has 1 aromatic heterocycles. The maximum absolute atomic E-state index is 4.88. The molecule has 6 heteroatoms. The zero-order valence-electron chi connectivity index (χ0n) is 18.3. The van der Waals surface area contributed by atoms with Crippen molar-refractivity contribution in [3.05, 3.63) is 30.1 Å². The van der Waals surface area contributed by atoms with Crippen molar-refractivity contribution in [1.29, 1.82) is 0 Å². The molecule has 0 bridgehead atoms. The van der Waals surface area contributed by atoms with Gasteiger partial charge >= 0.3 is 0 Å². The summed E-state index contributed by atoms with van der Waals surface area (Å²) >= 11 is 0. The Morgan fingerprint density at radius 3 is 2.72 bits per heavy atom. The SMILES string of the molecule is CCNC(=NCCC1CCCC(C)C1)NC1CCN(Cc2ccccn2)CC1.I. The molecule has 0 aromatic carbocycles. The highest BCUT2D eigenvalue weighted by Crippen LogP contribution is 2.30. The average molecular weight is 514 g/mol. The first-order valence-electron chi connectivity index (χ1n) is 11.4. The molecule has 2 fully saturated rings. The van der Waals surface area contributed by atoms with Crippen LogP contribution in [0.1, 0.15) is 64.5 Å². The molecular weight excluding hydrogens is 473 g/mol. The number of pyridine rings is 1. The first-order chi connectivity index (χ1) is 13.7. The molecule has 3 rings (SSSR count). The van der Waals surface area contributed by atoms with E-state index in [0.29, 0.717) is 6.04 Å². The van der Waals surface area contributed by atoms with Crippen LogP contribution in [0.25, 0.3) is 0 Å². The van der Waals surface area contributed by atoms with E-state index in [1.807, 2.05) is 12.3 Å². The topological polar surface area (TPSA) is 52.6 Å². The summed E-state index contributed by atoms with van der Waals surface area (Å²) in [5.41, 5.74) is 1.17. The zero-order chi connectivity index (χ0) is 19.6. The summed E-state index contributed by atoms with van der Waals surface area (Å²) in [4.78, 5) is 11.8. The van der Waals surface area contributed by atoms with Gasteiger partial charge in [0.25, 0.3) is 0 Å². The number of halogens is 1. The number of guanidine groups is 1. The van der Waals surface area contributed by atoms with Gasteiger partial charge in [-0.05, 0) is 56.6 Å². The van der Waals surface area contributed by atoms with Crippen LogP contribution in [-0.2, 0) is 6.54 Å². The van der Waals surface area contributed by atoms with Crippen LogP contribution in [0.5, 0.6) is 0 Å². The van der Waals surface area contributed by atoms with Gasteiger partial charge in [-0.1, -0.05) is 32.3 Å². The summed E-state index contributed by atoms with van der Waals surface area (Å²) in [5, 5.41) is 7.13. The predicted molar refractivity (Wildman–Crippen MR) is 133 cm³/mol. The molecule has 2 N–H and O–H groups in total. The van der Waals surface area contributed by atoms with Crippen LogP contribution in [0.15, 0.2) is 29.4 Å². The van der Waals surface area contributed by atoms with Gasteiger partial charge < -0.3 is 10.6 Å². The van der Waals surface area contributed by atoms with Crippen LogP contribution in [0.4, 0.5) is 0 Å². The monoisotopic (exact) mass is 513 g/mol. The van der Waals surface area contributed by atoms with Gasteiger partial charge in [-0.25, -0.2) is 0 Å². The second-order valence-electron chi connectivity index (χ2n) is 8.70. The summed E-state index contributed by atoms with van der Waals surface area (Å²) in [6.45, 7) is 9.62. The van der Waals surface area contributed by atoms with Gasteiger partial charge in [0, 0.05) is 45.0 Å². The van der Waals surface area contributed by atoms with Crippen molar-refractivity contribution in [2.24, 2.45) is 16.8 Å². The van der Waals surface area contributed by atoms with E-state index < -0.39 is 0 Å². The van der Waals surface area contributed by atoms with E-state index in [9.17, 15) is 0 Å². The van der Waals surface area contributed by atoms with Crippen LogP contribution in [0, 0.1) is 11.8 Å². The third-order valence-corrected chi connectivity index (χ3v) is 6.24. The molecule has 1 aromatic rings. The number of nitrogens with zero attached hydrogens (tertiary/aromatic N) is 3. The Kier molecular flexibility index (Phi) is 11.3. The van der Waals surface area contributed by atoms with Gasteiger partial charge in [0.1, 0.15) is 0 Å². The van der Waals surface area contributed by atoms with Gasteiger partial charge in [-0.2, -0.15) is 0 Å². The lowest BCUT2D eigenvalue weighted by atomic mass is 9.81. The van der Waals surface area contributed by atoms with Crippen molar-refractivity contribution in [2.45, 2.75) is 71.4 Å². The van der Waals surface area contributed by atoms with Crippen molar-refractivity contribution in [3.63, 3.8) is 0 Å². The van der Waals surface area contributed by atoms with Crippen molar-refractivity contribution in [1.82, 2.24) is 20.5 Å². The molecule has 2 unspecified atom stereocenters. The average Bonchev–Trinajstić information content (AvgIpc) is 2.70. The van der Waals surface area contributed by atoms with Crippen LogP contribution in [0.2, 0.25) is 0 Å². The van der Waals surface area contributed by atoms with Crippen molar-refractivity contribution in [3.8, 4) is 0 Å². The van der Waals surface area contributed by atoms with Gasteiger partial charge in [0.2, 0.25) is 0 Å². The second-order valence-corrected chi connectivity index (χ2v) is 8.70. The zero-order valence-corrected chi connectivity index (χ0v) is 20.6. The number of likely N-dealkylation sites (tertiary alicyclic amines) is 1. The van der Waals surface area contributed by atoms with E-state index >= 15 is 0 Å². The molecule has 0 radical (unpaired) electrons. The van der Waals surface area contributed by atoms with Crippen molar-refractivity contribution >= 4 is 29.9 Å². The first kappa shape index (κ1) is 24.4. The number of rotatable bonds is 7. The molecule has 2 atom stereocenters. The molecule has 29 heavy (non-hydrogen) atoms. The summed E-state index contributed by atoms with van der Waals surface area (Å²) in [7, 11) is 0. The third kappa shape index (κ3) is 8.79. The first-order valence-corrected chi connectivity index (χ1v) is 11.4. The Morgan fingerprint density at radius 2 is 2.03 bits per heavy atom. The fourth-order valence-electron chi connectivity index (χ4n) is 4.65. The molecule has 0 spiro atoms. The fraction of sp³-hybridized carbons (Fsp3) is 0.739. The minimum atomic E-state index is 0. The molecule has 1 saturated carbocycles. The Balaban J connectivity index is 0.00000300. The third-order valence-electron chi connectivity index (χ3n) is 6.24. The van der Waals surface area contributed by atoms with Crippen molar-refractivity contribution < 1.29 is 0 Å². The molecule has 5 nitrogen and oxygen atoms in total. The minimum absolute atomic E-state index is 0. The Labute approximate surface area is 194 Å². The lowest BCUT2D eigenvalue weighted by molar-refractivity contribution is 0.196. The normalized spacial score (nSPS) is 24.0. The lowest BCUT2D eigenvalue weighted by Crippen LogP contribution is -2.48. The molecule has 1 aliphatic heterocycles. The minimum Gasteiger partial charge on any atom is -0.357 e. The molecule has 1 saturated heterocycles. The number of hydrogen-bond acceptors (Lipinski definition) is 3. The van der Waals surface area contributed by atoms with E-state index in [1.165, 1.54) is 37.8 Å². The molecule has 2 aliphatic rings. The lowest BCUT2D eigenvalue weighted by Gasteiger charge is -2.33. The van der Waals surface area contributed by atoms with Crippen LogP contribution >= 0.6 is 24.0 Å². The highest BCUT2D eigenvalue weighted by Gasteiger charge is 2.21. The van der Waals surface area contributed by atoms with Crippen molar-refractivity contribution in [2.75, 3.05) is 26.2 Å². The Bertz CT molecular complexity index is 586. The fourth-order valence-corrected chi connectivity index (χ4v) is 4.65. The van der Waals surface area contributed by atoms with Gasteiger partial charge in [-0.3, -0.25) is 14.9 Å². The van der Waals surface area contributed by atoms with Crippen LogP contribution < -0.4 is 10.6 Å². The number of nitrogens with one attached hydrogen (secondary N) is 2. The maximum Gasteiger partial charge on any atom is 0.191 e. The largest absolute Gasteiger partial charge is 0.357 e. The summed E-state index contributed by atoms with van der Waals surface area (Å²) in [6, 6.07) is 6.69. The van der Waals surface area contributed by atoms with Gasteiger partial charge in [0.15, 0.2) is 5.96 Å². The molecule has 2 heterocycles. The highest BCUT2D eigenvalue weighted by atomic mass is 127. The Morgan fingerprint density at radius 1 is 1.21 bits per heavy atom. The number of aromatic nitrogens is 1. The molecular formula is C23H40IN5. The Hall–Kier alpha value is -0.890.